The van der Waals surface area contributed by atoms with E-state index in [0.717, 1.165) is 36.5 Å². The molecule has 5 rings (SSSR count). The second-order valence-electron chi connectivity index (χ2n) is 15.7. The number of allylic oxidation sites excluding steroid dienone is 1. The lowest BCUT2D eigenvalue weighted by molar-refractivity contribution is -0.151. The van der Waals surface area contributed by atoms with Gasteiger partial charge in [-0.25, -0.2) is 0 Å². The summed E-state index contributed by atoms with van der Waals surface area (Å²) in [5.41, 5.74) is -1.45. The number of esters is 1. The third-order valence-corrected chi connectivity index (χ3v) is 12.6. The first kappa shape index (κ1) is 34.3. The molecule has 8 heteroatoms. The highest BCUT2D eigenvalue weighted by Gasteiger charge is 2.59. The Bertz CT molecular complexity index is 1230. The monoisotopic (exact) mass is 640 g/mol. The van der Waals surface area contributed by atoms with Gasteiger partial charge in [0.2, 0.25) is 0 Å². The van der Waals surface area contributed by atoms with E-state index in [4.69, 9.17) is 4.74 Å². The molecule has 0 aliphatic heterocycles. The van der Waals surface area contributed by atoms with Crippen LogP contribution in [0.25, 0.3) is 0 Å². The molecule has 0 radical (unpaired) electrons. The van der Waals surface area contributed by atoms with Crippen LogP contribution in [0.1, 0.15) is 122 Å². The summed E-state index contributed by atoms with van der Waals surface area (Å²) in [6, 6.07) is 1.29. The van der Waals surface area contributed by atoms with Crippen molar-refractivity contribution in [3.63, 3.8) is 0 Å². The average molecular weight is 641 g/mol. The molecule has 4 aliphatic carbocycles. The summed E-state index contributed by atoms with van der Waals surface area (Å²) in [7, 11) is 0. The molecule has 3 saturated carbocycles. The van der Waals surface area contributed by atoms with E-state index in [-0.39, 0.29) is 17.0 Å². The number of hydrogen-bond donors (Lipinski definition) is 0. The minimum absolute atomic E-state index is 0.0385. The number of fused-ring (bicyclic) bond motifs is 5. The number of rotatable bonds is 8. The third kappa shape index (κ3) is 7.00. The van der Waals surface area contributed by atoms with Crippen LogP contribution < -0.4 is 0 Å². The van der Waals surface area contributed by atoms with E-state index < -0.39 is 42.0 Å². The molecule has 0 aromatic heterocycles. The first-order valence-electron chi connectivity index (χ1n) is 17.1. The van der Waals surface area contributed by atoms with Gasteiger partial charge >= 0.3 is 18.3 Å². The fourth-order valence-electron chi connectivity index (χ4n) is 10.3. The summed E-state index contributed by atoms with van der Waals surface area (Å²) in [5, 5.41) is 0. The lowest BCUT2D eigenvalue weighted by Gasteiger charge is -2.58. The molecule has 8 atom stereocenters. The second kappa shape index (κ2) is 12.6. The molecule has 8 unspecified atom stereocenters. The number of hydrogen-bond acceptors (Lipinski definition) is 2. The first-order chi connectivity index (χ1) is 20.9. The number of halogens is 6. The van der Waals surface area contributed by atoms with Crippen LogP contribution in [-0.2, 0) is 28.3 Å². The van der Waals surface area contributed by atoms with Crippen LogP contribution in [0.2, 0.25) is 0 Å². The van der Waals surface area contributed by atoms with Crippen LogP contribution in [0.3, 0.4) is 0 Å². The Kier molecular flexibility index (Phi) is 9.58. The zero-order valence-electron chi connectivity index (χ0n) is 27.4. The molecule has 0 spiro atoms. The van der Waals surface area contributed by atoms with Crippen molar-refractivity contribution >= 4 is 5.97 Å². The van der Waals surface area contributed by atoms with Crippen LogP contribution in [0.5, 0.6) is 0 Å². The average Bonchev–Trinajstić information content (AvgIpc) is 3.29. The van der Waals surface area contributed by atoms with Crippen molar-refractivity contribution in [2.75, 3.05) is 0 Å². The van der Waals surface area contributed by atoms with Crippen molar-refractivity contribution < 1.29 is 35.9 Å². The van der Waals surface area contributed by atoms with Gasteiger partial charge in [-0.1, -0.05) is 65.5 Å². The Morgan fingerprint density at radius 1 is 0.889 bits per heavy atom. The molecule has 2 nitrogen and oxygen atoms in total. The third-order valence-electron chi connectivity index (χ3n) is 12.6. The van der Waals surface area contributed by atoms with Gasteiger partial charge < -0.3 is 4.74 Å². The normalized spacial score (nSPS) is 34.0. The highest BCUT2D eigenvalue weighted by molar-refractivity contribution is 5.73. The minimum atomic E-state index is -4.96. The maximum absolute atomic E-state index is 13.3. The largest absolute Gasteiger partial charge is 0.462 e. The number of benzene rings is 1. The number of alkyl halides is 6. The fourth-order valence-corrected chi connectivity index (χ4v) is 10.3. The van der Waals surface area contributed by atoms with Crippen molar-refractivity contribution in [1.29, 1.82) is 0 Å². The van der Waals surface area contributed by atoms with Gasteiger partial charge in [0.15, 0.2) is 0 Å². The SMILES string of the molecule is CC(C)CCCC(C)C1CCC2C3CC=C4CC(OC(=O)Cc5cc(C(F)(F)F)cc(C(F)(F)F)c5)CCC4(C)C3CCC12C. The van der Waals surface area contributed by atoms with Crippen molar-refractivity contribution in [2.45, 2.75) is 130 Å². The number of carbonyl (C=O) groups excluding carboxylic acids is 1. The minimum Gasteiger partial charge on any atom is -0.462 e. The van der Waals surface area contributed by atoms with Gasteiger partial charge in [0, 0.05) is 6.42 Å². The van der Waals surface area contributed by atoms with E-state index in [1.165, 1.54) is 50.5 Å². The van der Waals surface area contributed by atoms with Gasteiger partial charge in [-0.2, -0.15) is 26.3 Å². The van der Waals surface area contributed by atoms with E-state index in [2.05, 4.69) is 40.7 Å². The van der Waals surface area contributed by atoms with Crippen molar-refractivity contribution in [3.05, 3.63) is 46.5 Å². The Labute approximate surface area is 264 Å². The van der Waals surface area contributed by atoms with Crippen LogP contribution >= 0.6 is 0 Å². The quantitative estimate of drug-likeness (QED) is 0.161. The zero-order valence-corrected chi connectivity index (χ0v) is 27.4. The molecule has 45 heavy (non-hydrogen) atoms. The highest BCUT2D eigenvalue weighted by Crippen LogP contribution is 2.67. The summed E-state index contributed by atoms with van der Waals surface area (Å²) in [4.78, 5) is 12.8. The van der Waals surface area contributed by atoms with Crippen LogP contribution in [0.15, 0.2) is 29.8 Å². The smallest absolute Gasteiger partial charge is 0.416 e. The van der Waals surface area contributed by atoms with Gasteiger partial charge in [-0.3, -0.25) is 4.79 Å². The van der Waals surface area contributed by atoms with Crippen LogP contribution in [0, 0.1) is 46.3 Å². The molecule has 0 saturated heterocycles. The summed E-state index contributed by atoms with van der Waals surface area (Å²) >= 11 is 0. The van der Waals surface area contributed by atoms with Gasteiger partial charge in [0.05, 0.1) is 17.5 Å². The summed E-state index contributed by atoms with van der Waals surface area (Å²) < 4.78 is 85.4. The molecule has 1 aromatic carbocycles. The molecule has 3 fully saturated rings. The first-order valence-corrected chi connectivity index (χ1v) is 17.1. The Morgan fingerprint density at radius 3 is 2.18 bits per heavy atom. The Hall–Kier alpha value is -1.99. The van der Waals surface area contributed by atoms with E-state index in [9.17, 15) is 31.1 Å². The summed E-state index contributed by atoms with van der Waals surface area (Å²) in [6.45, 7) is 12.0. The molecular formula is C37H50F6O2. The molecular weight excluding hydrogens is 590 g/mol. The van der Waals surface area contributed by atoms with E-state index in [1.807, 2.05) is 0 Å². The summed E-state index contributed by atoms with van der Waals surface area (Å²) in [5.74, 6) is 3.48. The van der Waals surface area contributed by atoms with E-state index in [0.29, 0.717) is 42.2 Å². The van der Waals surface area contributed by atoms with Gasteiger partial charge in [-0.05, 0) is 115 Å². The molecule has 0 bridgehead atoms. The molecule has 252 valence electrons. The Balaban J connectivity index is 1.23. The standard InChI is InChI=1S/C37H50F6O2/c1-22(2)7-6-8-23(3)30-11-12-31-29-10-9-25-21-28(13-15-34(25,4)32(29)14-16-35(30,31)5)45-33(44)19-24-17-26(36(38,39)40)20-27(18-24)37(41,42)43/h9,17-18,20,22-23,28-32H,6-8,10-16,19,21H2,1-5H3. The lowest BCUT2D eigenvalue weighted by Crippen LogP contribution is -2.51. The van der Waals surface area contributed by atoms with Gasteiger partial charge in [-0.15, -0.1) is 0 Å². The maximum Gasteiger partial charge on any atom is 0.416 e. The molecule has 4 aliphatic rings. The fraction of sp³-hybridized carbons (Fsp3) is 0.757. The molecule has 0 N–H and O–H groups in total. The number of carbonyl (C=O) groups is 1. The van der Waals surface area contributed by atoms with Crippen molar-refractivity contribution in [1.82, 2.24) is 0 Å². The predicted octanol–water partition coefficient (Wildman–Crippen LogP) is 11.2. The Morgan fingerprint density at radius 2 is 1.56 bits per heavy atom. The molecule has 1 aromatic rings. The molecule has 0 amide bonds. The van der Waals surface area contributed by atoms with Gasteiger partial charge in [0.25, 0.3) is 0 Å². The van der Waals surface area contributed by atoms with Crippen LogP contribution in [-0.4, -0.2) is 12.1 Å². The van der Waals surface area contributed by atoms with E-state index >= 15 is 0 Å². The molecule has 0 heterocycles. The van der Waals surface area contributed by atoms with Crippen molar-refractivity contribution in [3.8, 4) is 0 Å². The second-order valence-corrected chi connectivity index (χ2v) is 15.7. The maximum atomic E-state index is 13.3. The highest BCUT2D eigenvalue weighted by atomic mass is 19.4. The zero-order chi connectivity index (χ0) is 32.9. The van der Waals surface area contributed by atoms with E-state index in [1.54, 1.807) is 0 Å². The summed E-state index contributed by atoms with van der Waals surface area (Å²) in [6.07, 6.45) is 3.59. The topological polar surface area (TPSA) is 26.3 Å². The van der Waals surface area contributed by atoms with Crippen LogP contribution in [0.4, 0.5) is 26.3 Å². The van der Waals surface area contributed by atoms with Crippen molar-refractivity contribution in [2.24, 2.45) is 46.3 Å². The number of ether oxygens (including phenoxy) is 1. The lowest BCUT2D eigenvalue weighted by atomic mass is 9.47. The predicted molar refractivity (Wildman–Crippen MR) is 163 cm³/mol. The van der Waals surface area contributed by atoms with Gasteiger partial charge in [0.1, 0.15) is 6.10 Å².